The van der Waals surface area contributed by atoms with E-state index in [4.69, 9.17) is 9.15 Å². The molecule has 1 aromatic carbocycles. The van der Waals surface area contributed by atoms with Crippen LogP contribution in [0.25, 0.3) is 11.5 Å². The van der Waals surface area contributed by atoms with Crippen LogP contribution < -0.4 is 4.74 Å². The number of nitrogens with zero attached hydrogens (tertiary/aromatic N) is 3. The fourth-order valence-electron chi connectivity index (χ4n) is 5.30. The quantitative estimate of drug-likeness (QED) is 0.445. The van der Waals surface area contributed by atoms with Crippen LogP contribution in [0, 0.1) is 12.8 Å². The number of halogens is 4. The van der Waals surface area contributed by atoms with E-state index in [-0.39, 0.29) is 17.7 Å². The molecule has 2 aliphatic heterocycles. The van der Waals surface area contributed by atoms with Crippen molar-refractivity contribution in [3.63, 3.8) is 0 Å². The van der Waals surface area contributed by atoms with E-state index in [9.17, 15) is 22.4 Å². The molecule has 3 aliphatic rings. The minimum Gasteiger partial charge on any atom is -0.472 e. The van der Waals surface area contributed by atoms with Crippen molar-refractivity contribution in [2.75, 3.05) is 6.67 Å². The zero-order valence-electron chi connectivity index (χ0n) is 18.8. The Labute approximate surface area is 198 Å². The molecule has 2 bridgehead atoms. The first-order valence-electron chi connectivity index (χ1n) is 11.4. The fraction of sp³-hybridized carbons (Fsp3) is 0.400. The number of carbonyl (C=O) groups is 1. The van der Waals surface area contributed by atoms with Crippen LogP contribution in [0.5, 0.6) is 5.88 Å². The van der Waals surface area contributed by atoms with E-state index in [2.05, 4.69) is 9.97 Å². The van der Waals surface area contributed by atoms with Gasteiger partial charge < -0.3 is 14.1 Å². The molecule has 4 atom stereocenters. The number of aromatic nitrogens is 2. The SMILES string of the molecule is Cc1cccc(C(=O)N2C(CF)C3CCC2C(Oc2ccc(C(F)(F)F)cn2)C3)c1-c1ncco1. The molecule has 4 heterocycles. The lowest BCUT2D eigenvalue weighted by Gasteiger charge is -2.53. The second-order valence-electron chi connectivity index (χ2n) is 8.95. The van der Waals surface area contributed by atoms with E-state index in [1.807, 2.05) is 13.0 Å². The first-order valence-corrected chi connectivity index (χ1v) is 11.4. The minimum atomic E-state index is -4.50. The third kappa shape index (κ3) is 4.26. The summed E-state index contributed by atoms with van der Waals surface area (Å²) in [6, 6.07) is 6.28. The number of piperidine rings is 2. The maximum absolute atomic E-state index is 14.2. The zero-order chi connectivity index (χ0) is 24.7. The molecule has 0 spiro atoms. The molecular weight excluding hydrogens is 466 g/mol. The first kappa shape index (κ1) is 23.3. The Bertz CT molecular complexity index is 1200. The highest BCUT2D eigenvalue weighted by Crippen LogP contribution is 2.43. The summed E-state index contributed by atoms with van der Waals surface area (Å²) in [6.07, 6.45) is 0.447. The predicted octanol–water partition coefficient (Wildman–Crippen LogP) is 5.47. The maximum atomic E-state index is 14.2. The highest BCUT2D eigenvalue weighted by atomic mass is 19.4. The Morgan fingerprint density at radius 1 is 1.20 bits per heavy atom. The number of benzene rings is 1. The third-order valence-electron chi connectivity index (χ3n) is 6.93. The topological polar surface area (TPSA) is 68.5 Å². The standard InChI is InChI=1S/C25H23F4N3O3/c1-14-3-2-4-17(22(14)23-30-9-10-34-23)24(33)32-18-7-5-15(19(32)12-26)11-20(18)35-21-8-6-16(13-31-21)25(27,28)29/h2-4,6,8-10,13,15,18-20H,5,7,11-12H2,1H3. The molecule has 10 heteroatoms. The molecule has 0 N–H and O–H groups in total. The van der Waals surface area contributed by atoms with Crippen LogP contribution in [0.1, 0.15) is 40.7 Å². The molecular formula is C25H23F4N3O3. The van der Waals surface area contributed by atoms with Gasteiger partial charge in [-0.25, -0.2) is 14.4 Å². The van der Waals surface area contributed by atoms with Gasteiger partial charge in [-0.15, -0.1) is 0 Å². The van der Waals surface area contributed by atoms with Crippen LogP contribution in [0.2, 0.25) is 0 Å². The predicted molar refractivity (Wildman–Crippen MR) is 117 cm³/mol. The lowest BCUT2D eigenvalue weighted by atomic mass is 9.72. The number of fused-ring (bicyclic) bond motifs is 3. The summed E-state index contributed by atoms with van der Waals surface area (Å²) in [5, 5.41) is 0. The van der Waals surface area contributed by atoms with Gasteiger partial charge in [-0.3, -0.25) is 4.79 Å². The van der Waals surface area contributed by atoms with Gasteiger partial charge >= 0.3 is 6.18 Å². The summed E-state index contributed by atoms with van der Waals surface area (Å²) in [5.74, 6) is -0.153. The van der Waals surface area contributed by atoms with Crippen molar-refractivity contribution < 1.29 is 31.5 Å². The van der Waals surface area contributed by atoms with Crippen molar-refractivity contribution in [2.45, 2.75) is 50.6 Å². The van der Waals surface area contributed by atoms with Gasteiger partial charge in [0.25, 0.3) is 5.91 Å². The molecule has 4 unspecified atom stereocenters. The van der Waals surface area contributed by atoms with Crippen LogP contribution in [0.3, 0.4) is 0 Å². The fourth-order valence-corrected chi connectivity index (χ4v) is 5.30. The van der Waals surface area contributed by atoms with Gasteiger partial charge in [0, 0.05) is 12.3 Å². The van der Waals surface area contributed by atoms with E-state index >= 15 is 0 Å². The number of alkyl halides is 4. The molecule has 184 valence electrons. The Morgan fingerprint density at radius 3 is 2.69 bits per heavy atom. The van der Waals surface area contributed by atoms with E-state index in [0.29, 0.717) is 29.9 Å². The number of amides is 1. The molecule has 1 aliphatic carbocycles. The van der Waals surface area contributed by atoms with Crippen molar-refractivity contribution in [3.05, 3.63) is 65.7 Å². The average molecular weight is 489 g/mol. The Kier molecular flexibility index (Phi) is 5.98. The van der Waals surface area contributed by atoms with Crippen LogP contribution in [-0.4, -0.2) is 45.6 Å². The van der Waals surface area contributed by atoms with Crippen molar-refractivity contribution in [1.82, 2.24) is 14.9 Å². The molecule has 1 amide bonds. The summed E-state index contributed by atoms with van der Waals surface area (Å²) in [7, 11) is 0. The van der Waals surface area contributed by atoms with Crippen molar-refractivity contribution in [1.29, 1.82) is 0 Å². The molecule has 3 aromatic rings. The number of ether oxygens (including phenoxy) is 1. The number of carbonyl (C=O) groups excluding carboxylic acids is 1. The number of hydrogen-bond acceptors (Lipinski definition) is 5. The van der Waals surface area contributed by atoms with Crippen LogP contribution in [-0.2, 0) is 6.18 Å². The smallest absolute Gasteiger partial charge is 0.417 e. The number of oxazole rings is 1. The summed E-state index contributed by atoms with van der Waals surface area (Å²) in [6.45, 7) is 1.14. The molecule has 2 aromatic heterocycles. The van der Waals surface area contributed by atoms with Gasteiger partial charge in [0.05, 0.1) is 35.0 Å². The molecule has 1 saturated carbocycles. The highest BCUT2D eigenvalue weighted by molar-refractivity contribution is 6.01. The number of aryl methyl sites for hydroxylation is 1. The first-order chi connectivity index (χ1) is 16.8. The highest BCUT2D eigenvalue weighted by Gasteiger charge is 2.50. The number of pyridine rings is 1. The van der Waals surface area contributed by atoms with Gasteiger partial charge in [0.1, 0.15) is 19.0 Å². The van der Waals surface area contributed by atoms with Crippen molar-refractivity contribution >= 4 is 5.91 Å². The van der Waals surface area contributed by atoms with Gasteiger partial charge in [0.2, 0.25) is 11.8 Å². The van der Waals surface area contributed by atoms with E-state index in [1.165, 1.54) is 18.5 Å². The van der Waals surface area contributed by atoms with Gasteiger partial charge in [-0.2, -0.15) is 13.2 Å². The average Bonchev–Trinajstić information content (AvgIpc) is 3.37. The van der Waals surface area contributed by atoms with E-state index < -0.39 is 36.6 Å². The lowest BCUT2D eigenvalue weighted by molar-refractivity contribution is -0.137. The van der Waals surface area contributed by atoms with E-state index in [1.54, 1.807) is 17.0 Å². The van der Waals surface area contributed by atoms with Crippen LogP contribution in [0.15, 0.2) is 53.4 Å². The Hall–Kier alpha value is -3.43. The third-order valence-corrected chi connectivity index (χ3v) is 6.93. The normalized spacial score (nSPS) is 24.0. The molecule has 35 heavy (non-hydrogen) atoms. The lowest BCUT2D eigenvalue weighted by Crippen LogP contribution is -2.65. The summed E-state index contributed by atoms with van der Waals surface area (Å²) < 4.78 is 64.3. The Morgan fingerprint density at radius 2 is 2.03 bits per heavy atom. The van der Waals surface area contributed by atoms with Gasteiger partial charge in [-0.05, 0) is 49.8 Å². The summed E-state index contributed by atoms with van der Waals surface area (Å²) >= 11 is 0. The van der Waals surface area contributed by atoms with Gasteiger partial charge in [0.15, 0.2) is 0 Å². The largest absolute Gasteiger partial charge is 0.472 e. The van der Waals surface area contributed by atoms with Crippen molar-refractivity contribution in [2.24, 2.45) is 5.92 Å². The van der Waals surface area contributed by atoms with Crippen LogP contribution in [0.4, 0.5) is 17.6 Å². The molecule has 0 radical (unpaired) electrons. The summed E-state index contributed by atoms with van der Waals surface area (Å²) in [4.78, 5) is 23.4. The number of hydrogen-bond donors (Lipinski definition) is 0. The van der Waals surface area contributed by atoms with Crippen molar-refractivity contribution in [3.8, 4) is 17.3 Å². The Balaban J connectivity index is 1.45. The minimum absolute atomic E-state index is 0.0378. The molecule has 2 saturated heterocycles. The second-order valence-corrected chi connectivity index (χ2v) is 8.95. The zero-order valence-corrected chi connectivity index (χ0v) is 18.8. The monoisotopic (exact) mass is 489 g/mol. The number of rotatable bonds is 5. The van der Waals surface area contributed by atoms with Crippen LogP contribution >= 0.6 is 0 Å². The van der Waals surface area contributed by atoms with Gasteiger partial charge in [-0.1, -0.05) is 12.1 Å². The summed E-state index contributed by atoms with van der Waals surface area (Å²) in [5.41, 5.74) is 0.815. The second kappa shape index (κ2) is 8.98. The molecule has 6 nitrogen and oxygen atoms in total. The molecule has 6 rings (SSSR count). The van der Waals surface area contributed by atoms with E-state index in [0.717, 1.165) is 24.2 Å². The maximum Gasteiger partial charge on any atom is 0.417 e. The molecule has 3 fully saturated rings.